The van der Waals surface area contributed by atoms with Crippen molar-refractivity contribution in [3.8, 4) is 11.5 Å². The minimum absolute atomic E-state index is 0.268. The quantitative estimate of drug-likeness (QED) is 0.551. The van der Waals surface area contributed by atoms with Crippen LogP contribution in [0.5, 0.6) is 11.5 Å². The van der Waals surface area contributed by atoms with E-state index in [1.165, 1.54) is 31.2 Å². The van der Waals surface area contributed by atoms with Crippen molar-refractivity contribution in [2.45, 2.75) is 25.7 Å². The first-order chi connectivity index (χ1) is 14.0. The Kier molecular flexibility index (Phi) is 6.71. The number of benzene rings is 1. The molecule has 2 aromatic rings. The van der Waals surface area contributed by atoms with Crippen LogP contribution in [0.15, 0.2) is 23.6 Å². The highest BCUT2D eigenvalue weighted by Gasteiger charge is 2.21. The Hall–Kier alpha value is -3.07. The maximum atomic E-state index is 12.3. The van der Waals surface area contributed by atoms with Gasteiger partial charge in [0.15, 0.2) is 18.1 Å². The van der Waals surface area contributed by atoms with Crippen LogP contribution in [0.1, 0.15) is 44.0 Å². The summed E-state index contributed by atoms with van der Waals surface area (Å²) in [6.07, 6.45) is 4.02. The van der Waals surface area contributed by atoms with Gasteiger partial charge in [0.05, 0.1) is 19.8 Å². The van der Waals surface area contributed by atoms with Crippen molar-refractivity contribution in [3.63, 3.8) is 0 Å². The zero-order chi connectivity index (χ0) is 20.8. The Morgan fingerprint density at radius 3 is 2.55 bits per heavy atom. The highest BCUT2D eigenvalue weighted by Crippen LogP contribution is 2.30. The van der Waals surface area contributed by atoms with E-state index in [0.29, 0.717) is 17.1 Å². The number of nitrogens with one attached hydrogen (secondary N) is 2. The predicted octanol–water partition coefficient (Wildman–Crippen LogP) is 2.26. The third-order valence-corrected chi connectivity index (χ3v) is 5.67. The average Bonchev–Trinajstić information content (AvgIpc) is 3.19. The van der Waals surface area contributed by atoms with E-state index in [9.17, 15) is 14.4 Å². The van der Waals surface area contributed by atoms with E-state index < -0.39 is 24.4 Å². The van der Waals surface area contributed by atoms with Gasteiger partial charge >= 0.3 is 5.97 Å². The molecule has 154 valence electrons. The van der Waals surface area contributed by atoms with Gasteiger partial charge in [0.2, 0.25) is 0 Å². The maximum absolute atomic E-state index is 12.3. The molecule has 1 aliphatic carbocycles. The number of rotatable bonds is 6. The molecule has 8 nitrogen and oxygen atoms in total. The van der Waals surface area contributed by atoms with Gasteiger partial charge in [-0.3, -0.25) is 20.4 Å². The lowest BCUT2D eigenvalue weighted by atomic mass is 9.96. The SMILES string of the molecule is COc1ccc(C(=O)NNC(=O)COC(=O)c2csc3c2CCCC3)cc1OC. The molecule has 0 radical (unpaired) electrons. The summed E-state index contributed by atoms with van der Waals surface area (Å²) in [6, 6.07) is 4.60. The van der Waals surface area contributed by atoms with Crippen molar-refractivity contribution in [3.05, 3.63) is 45.1 Å². The third kappa shape index (κ3) is 4.86. The van der Waals surface area contributed by atoms with Gasteiger partial charge in [-0.2, -0.15) is 0 Å². The number of hydrogen-bond acceptors (Lipinski definition) is 7. The zero-order valence-electron chi connectivity index (χ0n) is 16.2. The molecule has 0 saturated heterocycles. The first kappa shape index (κ1) is 20.7. The van der Waals surface area contributed by atoms with Crippen LogP contribution in [0.2, 0.25) is 0 Å². The van der Waals surface area contributed by atoms with Crippen molar-refractivity contribution in [1.82, 2.24) is 10.9 Å². The van der Waals surface area contributed by atoms with E-state index in [1.54, 1.807) is 22.8 Å². The van der Waals surface area contributed by atoms with Crippen LogP contribution >= 0.6 is 11.3 Å². The number of fused-ring (bicyclic) bond motifs is 1. The standard InChI is InChI=1S/C20H22N2O6S/c1-26-15-8-7-12(9-16(15)27-2)19(24)22-21-18(23)10-28-20(25)14-11-29-17-6-4-3-5-13(14)17/h7-9,11H,3-6,10H2,1-2H3,(H,21,23)(H,22,24). The van der Waals surface area contributed by atoms with Gasteiger partial charge in [-0.05, 0) is 49.4 Å². The Morgan fingerprint density at radius 1 is 1.03 bits per heavy atom. The lowest BCUT2D eigenvalue weighted by Crippen LogP contribution is -2.43. The van der Waals surface area contributed by atoms with Crippen molar-refractivity contribution >= 4 is 29.1 Å². The summed E-state index contributed by atoms with van der Waals surface area (Å²) in [4.78, 5) is 37.6. The number of esters is 1. The van der Waals surface area contributed by atoms with Crippen LogP contribution in [0.25, 0.3) is 0 Å². The number of thiophene rings is 1. The fraction of sp³-hybridized carbons (Fsp3) is 0.350. The molecule has 2 amide bonds. The second-order valence-corrected chi connectivity index (χ2v) is 7.37. The monoisotopic (exact) mass is 418 g/mol. The molecule has 0 bridgehead atoms. The molecular formula is C20H22N2O6S. The van der Waals surface area contributed by atoms with E-state index in [2.05, 4.69) is 10.9 Å². The average molecular weight is 418 g/mol. The molecule has 1 heterocycles. The molecule has 1 aromatic heterocycles. The van der Waals surface area contributed by atoms with Gasteiger partial charge in [0, 0.05) is 15.8 Å². The predicted molar refractivity (Wildman–Crippen MR) is 106 cm³/mol. The van der Waals surface area contributed by atoms with Crippen molar-refractivity contribution in [2.24, 2.45) is 0 Å². The maximum Gasteiger partial charge on any atom is 0.339 e. The van der Waals surface area contributed by atoms with Crippen molar-refractivity contribution in [1.29, 1.82) is 0 Å². The number of carbonyl (C=O) groups is 3. The van der Waals surface area contributed by atoms with Crippen LogP contribution in [-0.4, -0.2) is 38.6 Å². The van der Waals surface area contributed by atoms with E-state index in [4.69, 9.17) is 14.2 Å². The van der Waals surface area contributed by atoms with Crippen molar-refractivity contribution in [2.75, 3.05) is 20.8 Å². The Bertz CT molecular complexity index is 924. The summed E-state index contributed by atoms with van der Waals surface area (Å²) in [5.41, 5.74) is 6.33. The van der Waals surface area contributed by atoms with E-state index in [-0.39, 0.29) is 5.56 Å². The first-order valence-electron chi connectivity index (χ1n) is 9.11. The number of ether oxygens (including phenoxy) is 3. The molecule has 0 atom stereocenters. The molecule has 1 aliphatic rings. The minimum Gasteiger partial charge on any atom is -0.493 e. The van der Waals surface area contributed by atoms with E-state index >= 15 is 0 Å². The minimum atomic E-state index is -0.642. The fourth-order valence-electron chi connectivity index (χ4n) is 3.09. The molecule has 0 spiro atoms. The van der Waals surface area contributed by atoms with Gasteiger partial charge in [-0.1, -0.05) is 0 Å². The number of hydrazine groups is 1. The summed E-state index contributed by atoms with van der Waals surface area (Å²) in [5.74, 6) is -0.838. The number of amides is 2. The molecule has 0 saturated carbocycles. The number of methoxy groups -OCH3 is 2. The smallest absolute Gasteiger partial charge is 0.339 e. The molecule has 3 rings (SSSR count). The molecule has 0 unspecified atom stereocenters. The Labute approximate surface area is 172 Å². The number of aryl methyl sites for hydroxylation is 1. The Balaban J connectivity index is 1.49. The molecule has 1 aromatic carbocycles. The van der Waals surface area contributed by atoms with Gasteiger partial charge in [-0.15, -0.1) is 11.3 Å². The first-order valence-corrected chi connectivity index (χ1v) is 9.99. The summed E-state index contributed by atoms with van der Waals surface area (Å²) in [5, 5.41) is 1.79. The van der Waals surface area contributed by atoms with E-state index in [1.807, 2.05) is 0 Å². The lowest BCUT2D eigenvalue weighted by Gasteiger charge is -2.12. The zero-order valence-corrected chi connectivity index (χ0v) is 17.0. The topological polar surface area (TPSA) is 103 Å². The summed E-state index contributed by atoms with van der Waals surface area (Å²) in [7, 11) is 2.95. The molecule has 0 aliphatic heterocycles. The van der Waals surface area contributed by atoms with Crippen LogP contribution in [0, 0.1) is 0 Å². The second-order valence-electron chi connectivity index (χ2n) is 6.41. The molecular weight excluding hydrogens is 396 g/mol. The van der Waals surface area contributed by atoms with Crippen molar-refractivity contribution < 1.29 is 28.6 Å². The summed E-state index contributed by atoms with van der Waals surface area (Å²) in [6.45, 7) is -0.490. The van der Waals surface area contributed by atoms with Crippen LogP contribution in [0.3, 0.4) is 0 Å². The van der Waals surface area contributed by atoms with Gasteiger partial charge in [0.1, 0.15) is 0 Å². The van der Waals surface area contributed by atoms with Crippen LogP contribution in [0.4, 0.5) is 0 Å². The third-order valence-electron chi connectivity index (χ3n) is 4.58. The highest BCUT2D eigenvalue weighted by molar-refractivity contribution is 7.10. The molecule has 0 fully saturated rings. The van der Waals surface area contributed by atoms with Gasteiger partial charge in [-0.25, -0.2) is 4.79 Å². The summed E-state index contributed by atoms with van der Waals surface area (Å²) >= 11 is 1.55. The largest absolute Gasteiger partial charge is 0.493 e. The van der Waals surface area contributed by atoms with Gasteiger partial charge in [0.25, 0.3) is 11.8 Å². The molecule has 29 heavy (non-hydrogen) atoms. The number of carbonyl (C=O) groups excluding carboxylic acids is 3. The lowest BCUT2D eigenvalue weighted by molar-refractivity contribution is -0.125. The fourth-order valence-corrected chi connectivity index (χ4v) is 4.20. The normalized spacial score (nSPS) is 12.5. The van der Waals surface area contributed by atoms with Gasteiger partial charge < -0.3 is 14.2 Å². The summed E-state index contributed by atoms with van der Waals surface area (Å²) < 4.78 is 15.3. The van der Waals surface area contributed by atoms with Crippen LogP contribution < -0.4 is 20.3 Å². The van der Waals surface area contributed by atoms with Crippen LogP contribution in [-0.2, 0) is 22.4 Å². The highest BCUT2D eigenvalue weighted by atomic mass is 32.1. The molecule has 9 heteroatoms. The second kappa shape index (κ2) is 9.42. The van der Waals surface area contributed by atoms with E-state index in [0.717, 1.165) is 31.2 Å². The molecule has 2 N–H and O–H groups in total. The Morgan fingerprint density at radius 2 is 1.79 bits per heavy atom. The number of hydrogen-bond donors (Lipinski definition) is 2.